The Kier molecular flexibility index (Phi) is 15.1. The number of carbonyl (C=O) groups is 2. The lowest BCUT2D eigenvalue weighted by molar-refractivity contribution is -0.163. The van der Waals surface area contributed by atoms with Gasteiger partial charge in [-0.05, 0) is 109 Å². The Hall–Kier alpha value is -5.34. The number of carbonyl (C=O) groups excluding carboxylic acids is 2. The summed E-state index contributed by atoms with van der Waals surface area (Å²) in [7, 11) is -6.05. The Morgan fingerprint density at radius 2 is 1.65 bits per heavy atom. The van der Waals surface area contributed by atoms with Crippen molar-refractivity contribution in [1.82, 2.24) is 25.3 Å². The number of hydrogen-bond donors (Lipinski definition) is 3. The van der Waals surface area contributed by atoms with Gasteiger partial charge in [0.05, 0.1) is 34.6 Å². The van der Waals surface area contributed by atoms with E-state index in [1.54, 1.807) is 67.6 Å². The number of likely N-dealkylation sites (N-methyl/N-ethyl adjacent to an activating group) is 1. The van der Waals surface area contributed by atoms with E-state index in [1.807, 2.05) is 31.7 Å². The molecule has 0 saturated heterocycles. The van der Waals surface area contributed by atoms with Crippen molar-refractivity contribution in [3.05, 3.63) is 147 Å². The molecule has 334 valence electrons. The number of aromatic nitrogens is 3. The van der Waals surface area contributed by atoms with E-state index in [0.717, 1.165) is 10.6 Å². The number of fused-ring (bicyclic) bond motifs is 1. The Morgan fingerprint density at radius 3 is 2.25 bits per heavy atom. The first kappa shape index (κ1) is 48.7. The Bertz CT molecular complexity index is 2710. The van der Waals surface area contributed by atoms with Crippen LogP contribution in [-0.2, 0) is 41.7 Å². The highest BCUT2D eigenvalue weighted by atomic mass is 35.5. The quantitative estimate of drug-likeness (QED) is 0.0591. The average molecular weight is 941 g/mol. The van der Waals surface area contributed by atoms with Crippen molar-refractivity contribution in [2.75, 3.05) is 37.9 Å². The largest absolute Gasteiger partial charge is 0.352 e. The van der Waals surface area contributed by atoms with Gasteiger partial charge in [-0.25, -0.2) is 15.0 Å². The van der Waals surface area contributed by atoms with E-state index in [2.05, 4.69) is 26.8 Å². The monoisotopic (exact) mass is 939 g/mol. The van der Waals surface area contributed by atoms with Gasteiger partial charge in [0, 0.05) is 54.5 Å². The topological polar surface area (TPSA) is 222 Å². The van der Waals surface area contributed by atoms with Crippen LogP contribution in [0.15, 0.2) is 124 Å². The van der Waals surface area contributed by atoms with Crippen LogP contribution in [0.5, 0.6) is 0 Å². The number of nitrogens with zero attached hydrogens (tertiary/aromatic N) is 6. The minimum atomic E-state index is -4.65. The fourth-order valence-electron chi connectivity index (χ4n) is 7.28. The zero-order valence-corrected chi connectivity index (χ0v) is 38.5. The minimum Gasteiger partial charge on any atom is -0.352 e. The van der Waals surface area contributed by atoms with E-state index in [9.17, 15) is 35.5 Å². The van der Waals surface area contributed by atoms with Crippen LogP contribution in [0.1, 0.15) is 61.4 Å². The predicted molar refractivity (Wildman–Crippen MR) is 242 cm³/mol. The van der Waals surface area contributed by atoms with Crippen molar-refractivity contribution in [1.29, 1.82) is 0 Å². The Morgan fingerprint density at radius 1 is 0.984 bits per heavy atom. The molecule has 2 aromatic carbocycles. The molecule has 2 amide bonds. The summed E-state index contributed by atoms with van der Waals surface area (Å²) in [5.41, 5.74) is 3.13. The van der Waals surface area contributed by atoms with Crippen molar-refractivity contribution >= 4 is 66.7 Å². The summed E-state index contributed by atoms with van der Waals surface area (Å²) in [6, 6.07) is 10.8. The second kappa shape index (κ2) is 19.6. The number of allylic oxidation sites excluding steroid dienone is 8. The van der Waals surface area contributed by atoms with Crippen LogP contribution in [-0.4, -0.2) is 96.5 Å². The molecular weight excluding hydrogens is 894 g/mol. The van der Waals surface area contributed by atoms with Crippen molar-refractivity contribution in [2.24, 2.45) is 10.4 Å². The van der Waals surface area contributed by atoms with Gasteiger partial charge in [-0.2, -0.15) is 21.8 Å². The molecule has 1 atom stereocenters. The van der Waals surface area contributed by atoms with E-state index in [4.69, 9.17) is 33.0 Å². The van der Waals surface area contributed by atoms with Crippen molar-refractivity contribution < 1.29 is 40.4 Å². The van der Waals surface area contributed by atoms with Gasteiger partial charge < -0.3 is 10.2 Å². The van der Waals surface area contributed by atoms with Gasteiger partial charge in [-0.15, -0.1) is 0 Å². The van der Waals surface area contributed by atoms with E-state index < -0.39 is 42.7 Å². The molecule has 2 aliphatic rings. The maximum absolute atomic E-state index is 13.2. The van der Waals surface area contributed by atoms with E-state index >= 15 is 0 Å². The second-order valence-corrected chi connectivity index (χ2v) is 18.8. The molecule has 20 heteroatoms. The zero-order valence-electron chi connectivity index (χ0n) is 35.3. The highest BCUT2D eigenvalue weighted by Gasteiger charge is 2.45. The lowest BCUT2D eigenvalue weighted by Crippen LogP contribution is -2.31. The van der Waals surface area contributed by atoms with Crippen molar-refractivity contribution in [2.45, 2.75) is 50.8 Å². The summed E-state index contributed by atoms with van der Waals surface area (Å²) in [6.07, 6.45) is 12.6. The lowest BCUT2D eigenvalue weighted by atomic mass is 9.75. The van der Waals surface area contributed by atoms with Crippen LogP contribution in [0.3, 0.4) is 0 Å². The van der Waals surface area contributed by atoms with E-state index in [-0.39, 0.29) is 47.3 Å². The molecular formula is C43H47Cl2N7O9S2. The smallest absolute Gasteiger partial charge is 0.294 e. The fourth-order valence-corrected chi connectivity index (χ4v) is 8.67. The van der Waals surface area contributed by atoms with Crippen LogP contribution in [0.25, 0.3) is 0 Å². The first-order valence-corrected chi connectivity index (χ1v) is 23.2. The van der Waals surface area contributed by atoms with Gasteiger partial charge in [0.1, 0.15) is 5.82 Å². The minimum absolute atomic E-state index is 0.00828. The maximum atomic E-state index is 13.2. The number of hydroxylamine groups is 2. The molecule has 2 aliphatic heterocycles. The summed E-state index contributed by atoms with van der Waals surface area (Å²) >= 11 is 11.7. The third kappa shape index (κ3) is 11.3. The summed E-state index contributed by atoms with van der Waals surface area (Å²) in [6.45, 7) is 11.9. The molecule has 0 saturated carbocycles. The molecule has 0 fully saturated rings. The second-order valence-electron chi connectivity index (χ2n) is 15.1. The fraction of sp³-hybridized carbons (Fsp3) is 0.302. The summed E-state index contributed by atoms with van der Waals surface area (Å²) in [5.74, 6) is -0.966. The third-order valence-corrected chi connectivity index (χ3v) is 12.7. The van der Waals surface area contributed by atoms with Gasteiger partial charge in [-0.1, -0.05) is 56.9 Å². The standard InChI is InChI=1S/C43H47Cl2N7O9S2/c1-8-28(39(54)51(6)61-7)25-32-27(2)47-35(42(32,3)4)13-10-9-11-14-36-43(5,33-26-31(63(58,59)60)19-20-34(33)52(36)23-12-24-62(55,56)57)30-17-15-29(16-18-30)38(53)46-22-21-37-48-40(44)50-41(45)49-37/h8-11,13-20,25-26H,2,12,21-24H2,1,3-7H3,(H,46,53)(H,55,56,57)(H,58,59,60)/b11-9+,13-10+,28-8+,32-25+,36-14+. The molecule has 63 heavy (non-hydrogen) atoms. The number of aliphatic imine (C=N–C) groups is 1. The number of amides is 2. The first-order chi connectivity index (χ1) is 29.5. The van der Waals surface area contributed by atoms with Crippen LogP contribution < -0.4 is 10.2 Å². The van der Waals surface area contributed by atoms with Gasteiger partial charge >= 0.3 is 0 Å². The van der Waals surface area contributed by atoms with Gasteiger partial charge in [0.15, 0.2) is 0 Å². The lowest BCUT2D eigenvalue weighted by Gasteiger charge is -2.31. The summed E-state index contributed by atoms with van der Waals surface area (Å²) in [4.78, 5) is 49.0. The highest BCUT2D eigenvalue weighted by molar-refractivity contribution is 7.86. The summed E-state index contributed by atoms with van der Waals surface area (Å²) in [5, 5.41) is 3.79. The highest BCUT2D eigenvalue weighted by Crippen LogP contribution is 2.52. The molecule has 3 N–H and O–H groups in total. The van der Waals surface area contributed by atoms with E-state index in [0.29, 0.717) is 50.9 Å². The number of benzene rings is 2. The van der Waals surface area contributed by atoms with Gasteiger partial charge in [0.25, 0.3) is 32.1 Å². The van der Waals surface area contributed by atoms with Crippen LogP contribution in [0, 0.1) is 5.41 Å². The number of nitrogens with one attached hydrogen (secondary N) is 1. The molecule has 16 nitrogen and oxygen atoms in total. The normalized spacial score (nSPS) is 19.1. The maximum Gasteiger partial charge on any atom is 0.294 e. The molecule has 5 rings (SSSR count). The summed E-state index contributed by atoms with van der Waals surface area (Å²) < 4.78 is 68.1. The molecule has 3 heterocycles. The molecule has 0 spiro atoms. The number of hydrogen-bond acceptors (Lipinski definition) is 12. The third-order valence-electron chi connectivity index (χ3n) is 10.7. The zero-order chi connectivity index (χ0) is 46.5. The number of anilines is 1. The molecule has 0 radical (unpaired) electrons. The Labute approximate surface area is 376 Å². The van der Waals surface area contributed by atoms with E-state index in [1.165, 1.54) is 32.4 Å². The van der Waals surface area contributed by atoms with Gasteiger partial charge in [0.2, 0.25) is 10.6 Å². The SMILES string of the molecule is C=C1N=C(/C=C/C=C/C=C2/N(CCCS(=O)(=O)O)c3ccc(S(=O)(=O)O)cc3C2(C)c2ccc(C(=O)NCCc3nc(Cl)nc(Cl)n3)cc2)C(C)(C)/C1=C/C(=C\C)C(=O)N(C)OC. The van der Waals surface area contributed by atoms with Crippen LogP contribution >= 0.6 is 23.2 Å². The van der Waals surface area contributed by atoms with Crippen molar-refractivity contribution in [3.63, 3.8) is 0 Å². The van der Waals surface area contributed by atoms with Gasteiger partial charge in [-0.3, -0.25) is 28.5 Å². The molecule has 0 bridgehead atoms. The van der Waals surface area contributed by atoms with Crippen LogP contribution in [0.4, 0.5) is 5.69 Å². The number of rotatable bonds is 16. The molecule has 1 unspecified atom stereocenters. The average Bonchev–Trinajstić information content (AvgIpc) is 3.58. The molecule has 1 aromatic heterocycles. The molecule has 0 aliphatic carbocycles. The van der Waals surface area contributed by atoms with Crippen LogP contribution in [0.2, 0.25) is 10.6 Å². The van der Waals surface area contributed by atoms with Crippen molar-refractivity contribution in [3.8, 4) is 0 Å². The predicted octanol–water partition coefficient (Wildman–Crippen LogP) is 6.68. The number of halogens is 2. The first-order valence-electron chi connectivity index (χ1n) is 19.3. The molecule has 3 aromatic rings. The Balaban J connectivity index is 1.50.